The number of ketones is 1. The second kappa shape index (κ2) is 3.26. The molecule has 1 aromatic carbocycles. The molecule has 2 rings (SSSR count). The fourth-order valence-corrected chi connectivity index (χ4v) is 2.09. The molecule has 0 radical (unpaired) electrons. The number of carbonyl (C=O) groups is 1. The van der Waals surface area contributed by atoms with Gasteiger partial charge < -0.3 is 0 Å². The van der Waals surface area contributed by atoms with Gasteiger partial charge in [0.25, 0.3) is 0 Å². The van der Waals surface area contributed by atoms with Crippen molar-refractivity contribution < 1.29 is 4.79 Å². The maximum absolute atomic E-state index is 11.6. The predicted octanol–water partition coefficient (Wildman–Crippen LogP) is 2.39. The van der Waals surface area contributed by atoms with E-state index in [-0.39, 0.29) is 5.78 Å². The molecule has 0 amide bonds. The highest BCUT2D eigenvalue weighted by Crippen LogP contribution is 2.25. The lowest BCUT2D eigenvalue weighted by Crippen LogP contribution is -2.12. The molecule has 0 bridgehead atoms. The van der Waals surface area contributed by atoms with Crippen LogP contribution in [-0.4, -0.2) is 5.78 Å². The van der Waals surface area contributed by atoms with E-state index in [2.05, 4.69) is 6.07 Å². The number of carbonyl (C=O) groups excluding carboxylic acids is 1. The van der Waals surface area contributed by atoms with E-state index in [4.69, 9.17) is 5.26 Å². The number of Topliss-reactive ketones (excluding diaryl/α,β-unsaturated/α-hetero) is 1. The third-order valence-corrected chi connectivity index (χ3v) is 2.68. The highest BCUT2D eigenvalue weighted by molar-refractivity contribution is 5.99. The van der Waals surface area contributed by atoms with Gasteiger partial charge in [0.05, 0.1) is 11.6 Å². The van der Waals surface area contributed by atoms with E-state index in [9.17, 15) is 4.79 Å². The summed E-state index contributed by atoms with van der Waals surface area (Å²) in [5.41, 5.74) is 3.52. The minimum absolute atomic E-state index is 0.230. The van der Waals surface area contributed by atoms with Crippen LogP contribution in [-0.2, 0) is 6.42 Å². The predicted molar refractivity (Wildman–Crippen MR) is 53.2 cm³/mol. The Kier molecular flexibility index (Phi) is 2.09. The van der Waals surface area contributed by atoms with E-state index in [1.54, 1.807) is 6.07 Å². The second-order valence-electron chi connectivity index (χ2n) is 3.72. The molecular weight excluding hydrogens is 174 g/mol. The number of aryl methyl sites for hydroxylation is 2. The molecule has 0 N–H and O–H groups in total. The van der Waals surface area contributed by atoms with E-state index < -0.39 is 0 Å². The Morgan fingerprint density at radius 3 is 2.86 bits per heavy atom. The van der Waals surface area contributed by atoms with E-state index in [1.165, 1.54) is 0 Å². The van der Waals surface area contributed by atoms with Gasteiger partial charge in [0.2, 0.25) is 0 Å². The first-order valence-electron chi connectivity index (χ1n) is 4.79. The molecule has 0 saturated carbocycles. The number of fused-ring (bicyclic) bond motifs is 1. The van der Waals surface area contributed by atoms with Gasteiger partial charge >= 0.3 is 0 Å². The van der Waals surface area contributed by atoms with Crippen molar-refractivity contribution in [2.24, 2.45) is 0 Å². The summed E-state index contributed by atoms with van der Waals surface area (Å²) in [6, 6.07) is 5.76. The van der Waals surface area contributed by atoms with Crippen LogP contribution in [0.1, 0.15) is 39.9 Å². The van der Waals surface area contributed by atoms with E-state index in [0.717, 1.165) is 29.5 Å². The van der Waals surface area contributed by atoms with Gasteiger partial charge in [-0.3, -0.25) is 4.79 Å². The molecule has 0 aliphatic heterocycles. The summed E-state index contributed by atoms with van der Waals surface area (Å²) in [5, 5.41) is 8.79. The minimum atomic E-state index is 0.230. The van der Waals surface area contributed by atoms with Gasteiger partial charge in [0, 0.05) is 12.0 Å². The molecule has 14 heavy (non-hydrogen) atoms. The molecule has 1 aliphatic carbocycles. The van der Waals surface area contributed by atoms with Crippen molar-refractivity contribution >= 4 is 5.78 Å². The Balaban J connectivity index is 2.64. The summed E-state index contributed by atoms with van der Waals surface area (Å²) >= 11 is 0. The van der Waals surface area contributed by atoms with Crippen LogP contribution in [0.4, 0.5) is 0 Å². The molecule has 2 heteroatoms. The summed E-state index contributed by atoms with van der Waals surface area (Å²) < 4.78 is 0. The zero-order valence-electron chi connectivity index (χ0n) is 8.13. The first-order valence-corrected chi connectivity index (χ1v) is 4.79. The second-order valence-corrected chi connectivity index (χ2v) is 3.72. The molecule has 70 valence electrons. The normalized spacial score (nSPS) is 14.7. The van der Waals surface area contributed by atoms with Gasteiger partial charge in [-0.1, -0.05) is 0 Å². The monoisotopic (exact) mass is 185 g/mol. The third kappa shape index (κ3) is 1.31. The number of rotatable bonds is 0. The maximum atomic E-state index is 11.6. The fraction of sp³-hybridized carbons (Fsp3) is 0.333. The molecule has 0 spiro atoms. The zero-order chi connectivity index (χ0) is 10.1. The van der Waals surface area contributed by atoms with Crippen molar-refractivity contribution in [2.75, 3.05) is 0 Å². The summed E-state index contributed by atoms with van der Waals surface area (Å²) in [6.07, 6.45) is 2.50. The van der Waals surface area contributed by atoms with Gasteiger partial charge in [-0.25, -0.2) is 0 Å². The van der Waals surface area contributed by atoms with Crippen LogP contribution < -0.4 is 0 Å². The largest absolute Gasteiger partial charge is 0.294 e. The van der Waals surface area contributed by atoms with Gasteiger partial charge in [-0.05, 0) is 43.0 Å². The lowest BCUT2D eigenvalue weighted by Gasteiger charge is -2.16. The Hall–Kier alpha value is -1.62. The molecule has 2 nitrogen and oxygen atoms in total. The summed E-state index contributed by atoms with van der Waals surface area (Å²) in [7, 11) is 0. The van der Waals surface area contributed by atoms with Crippen molar-refractivity contribution in [3.05, 3.63) is 34.4 Å². The van der Waals surface area contributed by atoms with E-state index >= 15 is 0 Å². The molecule has 1 aromatic rings. The lowest BCUT2D eigenvalue weighted by molar-refractivity contribution is 0.0972. The SMILES string of the molecule is Cc1cc(C#N)cc2c1C(=O)CCC2. The number of benzene rings is 1. The maximum Gasteiger partial charge on any atom is 0.163 e. The Morgan fingerprint density at radius 2 is 2.14 bits per heavy atom. The van der Waals surface area contributed by atoms with Crippen LogP contribution in [0.5, 0.6) is 0 Å². The van der Waals surface area contributed by atoms with Crippen molar-refractivity contribution in [3.8, 4) is 6.07 Å². The fourth-order valence-electron chi connectivity index (χ4n) is 2.09. The van der Waals surface area contributed by atoms with Crippen LogP contribution in [0.25, 0.3) is 0 Å². The number of nitrogens with zero attached hydrogens (tertiary/aromatic N) is 1. The molecule has 1 aliphatic rings. The van der Waals surface area contributed by atoms with Crippen LogP contribution in [0, 0.1) is 18.3 Å². The Morgan fingerprint density at radius 1 is 1.36 bits per heavy atom. The van der Waals surface area contributed by atoms with Crippen LogP contribution in [0.3, 0.4) is 0 Å². The van der Waals surface area contributed by atoms with Crippen molar-refractivity contribution in [3.63, 3.8) is 0 Å². The quantitative estimate of drug-likeness (QED) is 0.622. The average molecular weight is 185 g/mol. The molecule has 0 fully saturated rings. The summed E-state index contributed by atoms with van der Waals surface area (Å²) in [4.78, 5) is 11.6. The van der Waals surface area contributed by atoms with Crippen molar-refractivity contribution in [2.45, 2.75) is 26.2 Å². The van der Waals surface area contributed by atoms with E-state index in [0.29, 0.717) is 12.0 Å². The lowest BCUT2D eigenvalue weighted by atomic mass is 9.86. The Bertz CT molecular complexity index is 440. The highest BCUT2D eigenvalue weighted by Gasteiger charge is 2.19. The van der Waals surface area contributed by atoms with Gasteiger partial charge in [-0.2, -0.15) is 5.26 Å². The van der Waals surface area contributed by atoms with Crippen LogP contribution >= 0.6 is 0 Å². The molecule has 0 unspecified atom stereocenters. The van der Waals surface area contributed by atoms with Gasteiger partial charge in [-0.15, -0.1) is 0 Å². The smallest absolute Gasteiger partial charge is 0.163 e. The zero-order valence-corrected chi connectivity index (χ0v) is 8.13. The van der Waals surface area contributed by atoms with Crippen molar-refractivity contribution in [1.82, 2.24) is 0 Å². The van der Waals surface area contributed by atoms with E-state index in [1.807, 2.05) is 13.0 Å². The minimum Gasteiger partial charge on any atom is -0.294 e. The number of nitriles is 1. The Labute approximate surface area is 83.2 Å². The molecule has 0 saturated heterocycles. The number of hydrogen-bond acceptors (Lipinski definition) is 2. The standard InChI is InChI=1S/C12H11NO/c1-8-5-9(7-13)6-10-3-2-4-11(14)12(8)10/h5-6H,2-4H2,1H3. The summed E-state index contributed by atoms with van der Waals surface area (Å²) in [5.74, 6) is 0.230. The van der Waals surface area contributed by atoms with Crippen LogP contribution in [0.2, 0.25) is 0 Å². The molecule has 0 atom stereocenters. The third-order valence-electron chi connectivity index (χ3n) is 2.68. The highest BCUT2D eigenvalue weighted by atomic mass is 16.1. The van der Waals surface area contributed by atoms with Gasteiger partial charge in [0.1, 0.15) is 0 Å². The molecular formula is C12H11NO. The average Bonchev–Trinajstić information content (AvgIpc) is 2.17. The number of hydrogen-bond donors (Lipinski definition) is 0. The van der Waals surface area contributed by atoms with Crippen molar-refractivity contribution in [1.29, 1.82) is 5.26 Å². The molecule has 0 heterocycles. The first kappa shape index (κ1) is 8.96. The first-order chi connectivity index (χ1) is 6.72. The van der Waals surface area contributed by atoms with Crippen LogP contribution in [0.15, 0.2) is 12.1 Å². The van der Waals surface area contributed by atoms with Gasteiger partial charge in [0.15, 0.2) is 5.78 Å². The molecule has 0 aromatic heterocycles. The summed E-state index contributed by atoms with van der Waals surface area (Å²) in [6.45, 7) is 1.91. The topological polar surface area (TPSA) is 40.9 Å².